The summed E-state index contributed by atoms with van der Waals surface area (Å²) in [4.78, 5) is 26.2. The molecule has 0 radical (unpaired) electrons. The maximum atomic E-state index is 12.1. The van der Waals surface area contributed by atoms with E-state index in [1.54, 1.807) is 4.90 Å². The zero-order valence-electron chi connectivity index (χ0n) is 9.13. The summed E-state index contributed by atoms with van der Waals surface area (Å²) in [5, 5.41) is 9.00. The summed E-state index contributed by atoms with van der Waals surface area (Å²) in [5.41, 5.74) is 0. The standard InChI is InChI=1S/C11H16N2O3/c14-10(15)9-5-4-8-13(9)11(16)12-6-2-1-3-7-12/h1-2,9H,3-8H2,(H,14,15)/t9-/m0/s1. The fraction of sp³-hybridized carbons (Fsp3) is 0.636. The predicted octanol–water partition coefficient (Wildman–Crippen LogP) is 0.917. The van der Waals surface area contributed by atoms with Crippen molar-refractivity contribution in [2.45, 2.75) is 25.3 Å². The number of carboxylic acid groups (broad SMARTS) is 1. The van der Waals surface area contributed by atoms with E-state index in [1.807, 2.05) is 12.2 Å². The van der Waals surface area contributed by atoms with Crippen molar-refractivity contribution in [2.24, 2.45) is 0 Å². The second-order valence-electron chi connectivity index (χ2n) is 4.18. The average Bonchev–Trinajstić information content (AvgIpc) is 2.78. The third-order valence-corrected chi connectivity index (χ3v) is 3.11. The molecule has 2 aliphatic heterocycles. The third kappa shape index (κ3) is 2.03. The monoisotopic (exact) mass is 224 g/mol. The zero-order valence-corrected chi connectivity index (χ0v) is 9.13. The molecule has 5 heteroatoms. The molecule has 1 atom stereocenters. The smallest absolute Gasteiger partial charge is 0.326 e. The fourth-order valence-corrected chi connectivity index (χ4v) is 2.25. The lowest BCUT2D eigenvalue weighted by Gasteiger charge is -2.30. The van der Waals surface area contributed by atoms with Gasteiger partial charge in [0.1, 0.15) is 6.04 Å². The van der Waals surface area contributed by atoms with Crippen LogP contribution in [0.15, 0.2) is 12.2 Å². The molecule has 0 aromatic rings. The minimum atomic E-state index is -0.890. The van der Waals surface area contributed by atoms with Crippen molar-refractivity contribution in [3.63, 3.8) is 0 Å². The minimum absolute atomic E-state index is 0.130. The van der Waals surface area contributed by atoms with Gasteiger partial charge in [-0.15, -0.1) is 0 Å². The summed E-state index contributed by atoms with van der Waals surface area (Å²) < 4.78 is 0. The third-order valence-electron chi connectivity index (χ3n) is 3.11. The highest BCUT2D eigenvalue weighted by Gasteiger charge is 2.35. The molecule has 88 valence electrons. The van der Waals surface area contributed by atoms with Crippen molar-refractivity contribution in [1.29, 1.82) is 0 Å². The molecule has 0 spiro atoms. The van der Waals surface area contributed by atoms with Gasteiger partial charge in [-0.2, -0.15) is 0 Å². The number of amides is 2. The van der Waals surface area contributed by atoms with E-state index in [0.29, 0.717) is 26.1 Å². The average molecular weight is 224 g/mol. The molecule has 1 fully saturated rings. The Balaban J connectivity index is 2.03. The van der Waals surface area contributed by atoms with Crippen molar-refractivity contribution >= 4 is 12.0 Å². The first-order chi connectivity index (χ1) is 7.70. The van der Waals surface area contributed by atoms with E-state index in [4.69, 9.17) is 5.11 Å². The molecule has 2 heterocycles. The van der Waals surface area contributed by atoms with Gasteiger partial charge in [0.05, 0.1) is 0 Å². The lowest BCUT2D eigenvalue weighted by molar-refractivity contribution is -0.141. The molecule has 2 amide bonds. The largest absolute Gasteiger partial charge is 0.480 e. The first-order valence-corrected chi connectivity index (χ1v) is 5.63. The molecular weight excluding hydrogens is 208 g/mol. The molecule has 0 aromatic heterocycles. The molecule has 1 saturated heterocycles. The van der Waals surface area contributed by atoms with Gasteiger partial charge in [-0.25, -0.2) is 9.59 Å². The van der Waals surface area contributed by atoms with E-state index in [1.165, 1.54) is 4.90 Å². The van der Waals surface area contributed by atoms with Crippen LogP contribution in [-0.2, 0) is 4.79 Å². The lowest BCUT2D eigenvalue weighted by Crippen LogP contribution is -2.48. The number of rotatable bonds is 1. The van der Waals surface area contributed by atoms with E-state index >= 15 is 0 Å². The van der Waals surface area contributed by atoms with Crippen LogP contribution in [0.3, 0.4) is 0 Å². The zero-order chi connectivity index (χ0) is 11.5. The van der Waals surface area contributed by atoms with Gasteiger partial charge < -0.3 is 14.9 Å². The molecule has 1 N–H and O–H groups in total. The number of hydrogen-bond acceptors (Lipinski definition) is 2. The summed E-state index contributed by atoms with van der Waals surface area (Å²) in [5.74, 6) is -0.890. The molecule has 5 nitrogen and oxygen atoms in total. The quantitative estimate of drug-likeness (QED) is 0.674. The topological polar surface area (TPSA) is 60.9 Å². The molecular formula is C11H16N2O3. The van der Waals surface area contributed by atoms with E-state index < -0.39 is 12.0 Å². The molecule has 0 aromatic carbocycles. The summed E-state index contributed by atoms with van der Waals surface area (Å²) in [6.07, 6.45) is 6.21. The van der Waals surface area contributed by atoms with Gasteiger partial charge in [0.25, 0.3) is 0 Å². The highest BCUT2D eigenvalue weighted by molar-refractivity contribution is 5.83. The number of nitrogens with zero attached hydrogens (tertiary/aromatic N) is 2. The summed E-state index contributed by atoms with van der Waals surface area (Å²) in [7, 11) is 0. The van der Waals surface area contributed by atoms with E-state index in [-0.39, 0.29) is 6.03 Å². The van der Waals surface area contributed by atoms with Crippen LogP contribution in [0.2, 0.25) is 0 Å². The summed E-state index contributed by atoms with van der Waals surface area (Å²) in [6, 6.07) is -0.757. The molecule has 0 aliphatic carbocycles. The second-order valence-corrected chi connectivity index (χ2v) is 4.18. The number of carbonyl (C=O) groups is 2. The Hall–Kier alpha value is -1.52. The Morgan fingerprint density at radius 1 is 1.25 bits per heavy atom. The summed E-state index contributed by atoms with van der Waals surface area (Å²) >= 11 is 0. The molecule has 16 heavy (non-hydrogen) atoms. The number of hydrogen-bond donors (Lipinski definition) is 1. The number of likely N-dealkylation sites (tertiary alicyclic amines) is 1. The molecule has 0 unspecified atom stereocenters. The highest BCUT2D eigenvalue weighted by Crippen LogP contribution is 2.20. The number of carboxylic acids is 1. The van der Waals surface area contributed by atoms with Gasteiger partial charge in [-0.05, 0) is 19.3 Å². The second kappa shape index (κ2) is 4.55. The minimum Gasteiger partial charge on any atom is -0.480 e. The number of aliphatic carboxylic acids is 1. The van der Waals surface area contributed by atoms with Crippen LogP contribution in [0.4, 0.5) is 4.79 Å². The van der Waals surface area contributed by atoms with Crippen molar-refractivity contribution < 1.29 is 14.7 Å². The van der Waals surface area contributed by atoms with Gasteiger partial charge in [0, 0.05) is 19.6 Å². The van der Waals surface area contributed by atoms with Crippen LogP contribution in [0.25, 0.3) is 0 Å². The van der Waals surface area contributed by atoms with Gasteiger partial charge >= 0.3 is 12.0 Å². The van der Waals surface area contributed by atoms with Crippen LogP contribution in [-0.4, -0.2) is 52.6 Å². The van der Waals surface area contributed by atoms with E-state index in [0.717, 1.165) is 12.8 Å². The van der Waals surface area contributed by atoms with Crippen molar-refractivity contribution in [1.82, 2.24) is 9.80 Å². The van der Waals surface area contributed by atoms with Gasteiger partial charge in [-0.1, -0.05) is 12.2 Å². The van der Waals surface area contributed by atoms with Gasteiger partial charge in [0.2, 0.25) is 0 Å². The van der Waals surface area contributed by atoms with E-state index in [2.05, 4.69) is 0 Å². The van der Waals surface area contributed by atoms with Crippen LogP contribution in [0.5, 0.6) is 0 Å². The fourth-order valence-electron chi connectivity index (χ4n) is 2.25. The molecule has 2 aliphatic rings. The van der Waals surface area contributed by atoms with Crippen molar-refractivity contribution in [3.05, 3.63) is 12.2 Å². The van der Waals surface area contributed by atoms with Gasteiger partial charge in [0.15, 0.2) is 0 Å². The van der Waals surface area contributed by atoms with Crippen LogP contribution >= 0.6 is 0 Å². The van der Waals surface area contributed by atoms with Crippen LogP contribution < -0.4 is 0 Å². The highest BCUT2D eigenvalue weighted by atomic mass is 16.4. The Morgan fingerprint density at radius 2 is 2.06 bits per heavy atom. The molecule has 0 bridgehead atoms. The van der Waals surface area contributed by atoms with Crippen LogP contribution in [0, 0.1) is 0 Å². The Morgan fingerprint density at radius 3 is 2.69 bits per heavy atom. The lowest BCUT2D eigenvalue weighted by atomic mass is 10.2. The normalized spacial score (nSPS) is 24.9. The Bertz CT molecular complexity index is 327. The van der Waals surface area contributed by atoms with Gasteiger partial charge in [-0.3, -0.25) is 0 Å². The number of urea groups is 1. The predicted molar refractivity (Wildman–Crippen MR) is 58.1 cm³/mol. The Labute approximate surface area is 94.3 Å². The molecule has 2 rings (SSSR count). The Kier molecular flexibility index (Phi) is 3.12. The summed E-state index contributed by atoms with van der Waals surface area (Å²) in [6.45, 7) is 1.86. The van der Waals surface area contributed by atoms with Crippen molar-refractivity contribution in [3.8, 4) is 0 Å². The van der Waals surface area contributed by atoms with Crippen LogP contribution in [0.1, 0.15) is 19.3 Å². The van der Waals surface area contributed by atoms with Crippen molar-refractivity contribution in [2.75, 3.05) is 19.6 Å². The maximum absolute atomic E-state index is 12.1. The first kappa shape index (κ1) is 11.0. The number of carbonyl (C=O) groups excluding carboxylic acids is 1. The SMILES string of the molecule is O=C(O)[C@@H]1CCCN1C(=O)N1CC=CCC1. The maximum Gasteiger partial charge on any atom is 0.326 e. The van der Waals surface area contributed by atoms with E-state index in [9.17, 15) is 9.59 Å². The molecule has 0 saturated carbocycles. The first-order valence-electron chi connectivity index (χ1n) is 5.63.